The summed E-state index contributed by atoms with van der Waals surface area (Å²) in [6, 6.07) is 19.1. The van der Waals surface area contributed by atoms with Crippen molar-refractivity contribution >= 4 is 17.5 Å². The first-order valence-electron chi connectivity index (χ1n) is 9.68. The minimum absolute atomic E-state index is 0.101. The number of amides is 1. The Labute approximate surface area is 170 Å². The van der Waals surface area contributed by atoms with E-state index in [-0.39, 0.29) is 18.0 Å². The van der Waals surface area contributed by atoms with E-state index in [1.54, 1.807) is 6.92 Å². The third kappa shape index (κ3) is 5.31. The smallest absolute Gasteiger partial charge is 0.255 e. The maximum atomic E-state index is 12.6. The Morgan fingerprint density at radius 1 is 1.07 bits per heavy atom. The molecule has 3 rings (SSSR count). The van der Waals surface area contributed by atoms with Crippen LogP contribution in [0.4, 0.5) is 11.6 Å². The van der Waals surface area contributed by atoms with Crippen LogP contribution in [0, 0.1) is 6.92 Å². The van der Waals surface area contributed by atoms with Crippen LogP contribution in [0.2, 0.25) is 0 Å². The zero-order chi connectivity index (χ0) is 20.8. The zero-order valence-corrected chi connectivity index (χ0v) is 17.1. The SMILES string of the molecule is CCc1ccc(NC(=O)Cn2c(N(C)Cc3ccccc3)nc(C)cc2=O)cc1. The van der Waals surface area contributed by atoms with Gasteiger partial charge in [-0.1, -0.05) is 49.4 Å². The van der Waals surface area contributed by atoms with E-state index < -0.39 is 0 Å². The van der Waals surface area contributed by atoms with Gasteiger partial charge in [0.25, 0.3) is 5.56 Å². The monoisotopic (exact) mass is 390 g/mol. The second-order valence-electron chi connectivity index (χ2n) is 7.06. The van der Waals surface area contributed by atoms with Gasteiger partial charge in [-0.3, -0.25) is 14.2 Å². The quantitative estimate of drug-likeness (QED) is 0.672. The van der Waals surface area contributed by atoms with Crippen molar-refractivity contribution in [1.82, 2.24) is 9.55 Å². The Hall–Kier alpha value is -3.41. The molecule has 6 heteroatoms. The molecule has 0 aliphatic heterocycles. The topological polar surface area (TPSA) is 67.2 Å². The van der Waals surface area contributed by atoms with Crippen LogP contribution in [0.1, 0.15) is 23.7 Å². The van der Waals surface area contributed by atoms with Gasteiger partial charge in [-0.25, -0.2) is 4.98 Å². The molecule has 0 atom stereocenters. The van der Waals surface area contributed by atoms with Gasteiger partial charge in [-0.2, -0.15) is 0 Å². The number of nitrogens with zero attached hydrogens (tertiary/aromatic N) is 3. The molecule has 150 valence electrons. The third-order valence-electron chi connectivity index (χ3n) is 4.67. The van der Waals surface area contributed by atoms with Crippen LogP contribution in [0.15, 0.2) is 65.5 Å². The summed E-state index contributed by atoms with van der Waals surface area (Å²) in [4.78, 5) is 31.6. The number of hydrogen-bond acceptors (Lipinski definition) is 4. The second-order valence-corrected chi connectivity index (χ2v) is 7.06. The largest absolute Gasteiger partial charge is 0.341 e. The molecule has 1 aromatic heterocycles. The third-order valence-corrected chi connectivity index (χ3v) is 4.67. The van der Waals surface area contributed by atoms with E-state index in [1.807, 2.05) is 66.5 Å². The Morgan fingerprint density at radius 3 is 2.41 bits per heavy atom. The van der Waals surface area contributed by atoms with E-state index >= 15 is 0 Å². The number of rotatable bonds is 7. The van der Waals surface area contributed by atoms with E-state index in [2.05, 4.69) is 17.2 Å². The van der Waals surface area contributed by atoms with E-state index in [1.165, 1.54) is 16.2 Å². The number of anilines is 2. The van der Waals surface area contributed by atoms with E-state index in [0.717, 1.165) is 12.0 Å². The van der Waals surface area contributed by atoms with Crippen LogP contribution in [-0.2, 0) is 24.3 Å². The number of carbonyl (C=O) groups excluding carboxylic acids is 1. The molecule has 1 heterocycles. The molecule has 6 nitrogen and oxygen atoms in total. The Morgan fingerprint density at radius 2 is 1.76 bits per heavy atom. The normalized spacial score (nSPS) is 10.6. The summed E-state index contributed by atoms with van der Waals surface area (Å²) in [6.45, 7) is 4.34. The van der Waals surface area contributed by atoms with Crippen LogP contribution >= 0.6 is 0 Å². The summed E-state index contributed by atoms with van der Waals surface area (Å²) in [5.41, 5.74) is 3.38. The number of benzene rings is 2. The highest BCUT2D eigenvalue weighted by molar-refractivity contribution is 5.90. The molecule has 0 saturated heterocycles. The lowest BCUT2D eigenvalue weighted by Crippen LogP contribution is -2.34. The zero-order valence-electron chi connectivity index (χ0n) is 17.1. The fraction of sp³-hybridized carbons (Fsp3) is 0.261. The predicted octanol–water partition coefficient (Wildman–Crippen LogP) is 3.39. The van der Waals surface area contributed by atoms with Gasteiger partial charge in [0.1, 0.15) is 6.54 Å². The van der Waals surface area contributed by atoms with Gasteiger partial charge < -0.3 is 10.2 Å². The van der Waals surface area contributed by atoms with Crippen LogP contribution in [0.5, 0.6) is 0 Å². The molecular weight excluding hydrogens is 364 g/mol. The molecule has 1 amide bonds. The molecule has 0 aliphatic carbocycles. The van der Waals surface area contributed by atoms with Gasteiger partial charge in [0.05, 0.1) is 0 Å². The van der Waals surface area contributed by atoms with Gasteiger partial charge in [0.15, 0.2) is 0 Å². The van der Waals surface area contributed by atoms with Crippen LogP contribution < -0.4 is 15.8 Å². The first-order chi connectivity index (χ1) is 14.0. The van der Waals surface area contributed by atoms with Gasteiger partial charge >= 0.3 is 0 Å². The minimum atomic E-state index is -0.267. The number of carbonyl (C=O) groups is 1. The van der Waals surface area contributed by atoms with Gasteiger partial charge in [0, 0.05) is 31.0 Å². The lowest BCUT2D eigenvalue weighted by molar-refractivity contribution is -0.116. The van der Waals surface area contributed by atoms with Crippen molar-refractivity contribution in [2.45, 2.75) is 33.4 Å². The lowest BCUT2D eigenvalue weighted by Gasteiger charge is -2.22. The van der Waals surface area contributed by atoms with Crippen LogP contribution in [0.3, 0.4) is 0 Å². The molecule has 0 aliphatic rings. The molecule has 29 heavy (non-hydrogen) atoms. The maximum absolute atomic E-state index is 12.6. The summed E-state index contributed by atoms with van der Waals surface area (Å²) in [6.07, 6.45) is 0.940. The standard InChI is InChI=1S/C23H26N4O2/c1-4-18-10-12-20(13-11-18)25-21(28)16-27-22(29)14-17(2)24-23(27)26(3)15-19-8-6-5-7-9-19/h5-14H,4,15-16H2,1-3H3,(H,25,28). The molecule has 0 unspecified atom stereocenters. The van der Waals surface area contributed by atoms with E-state index in [0.29, 0.717) is 23.9 Å². The molecule has 0 bridgehead atoms. The molecular formula is C23H26N4O2. The summed E-state index contributed by atoms with van der Waals surface area (Å²) in [5.74, 6) is 0.201. The molecule has 1 N–H and O–H groups in total. The van der Waals surface area contributed by atoms with Gasteiger partial charge in [-0.05, 0) is 36.6 Å². The lowest BCUT2D eigenvalue weighted by atomic mass is 10.1. The van der Waals surface area contributed by atoms with Crippen molar-refractivity contribution in [3.63, 3.8) is 0 Å². The molecule has 0 saturated carbocycles. The summed E-state index contributed by atoms with van der Waals surface area (Å²) < 4.78 is 1.41. The Bertz CT molecular complexity index is 1030. The van der Waals surface area contributed by atoms with Crippen molar-refractivity contribution in [2.24, 2.45) is 0 Å². The first kappa shape index (κ1) is 20.3. The second kappa shape index (κ2) is 9.19. The van der Waals surface area contributed by atoms with Crippen molar-refractivity contribution in [3.05, 3.63) is 87.8 Å². The van der Waals surface area contributed by atoms with Gasteiger partial charge in [-0.15, -0.1) is 0 Å². The number of nitrogens with one attached hydrogen (secondary N) is 1. The Balaban J connectivity index is 1.80. The fourth-order valence-electron chi connectivity index (χ4n) is 3.14. The highest BCUT2D eigenvalue weighted by Gasteiger charge is 2.15. The fourth-order valence-corrected chi connectivity index (χ4v) is 3.14. The van der Waals surface area contributed by atoms with Crippen LogP contribution in [-0.4, -0.2) is 22.5 Å². The first-order valence-corrected chi connectivity index (χ1v) is 9.68. The maximum Gasteiger partial charge on any atom is 0.255 e. The van der Waals surface area contributed by atoms with Crippen molar-refractivity contribution in [1.29, 1.82) is 0 Å². The van der Waals surface area contributed by atoms with Crippen LogP contribution in [0.25, 0.3) is 0 Å². The molecule has 0 radical (unpaired) electrons. The average molecular weight is 390 g/mol. The summed E-state index contributed by atoms with van der Waals surface area (Å²) >= 11 is 0. The number of hydrogen-bond donors (Lipinski definition) is 1. The average Bonchev–Trinajstić information content (AvgIpc) is 2.71. The van der Waals surface area contributed by atoms with E-state index in [9.17, 15) is 9.59 Å². The van der Waals surface area contributed by atoms with Crippen molar-refractivity contribution in [2.75, 3.05) is 17.3 Å². The number of aryl methyl sites for hydroxylation is 2. The minimum Gasteiger partial charge on any atom is -0.341 e. The number of aromatic nitrogens is 2. The Kier molecular flexibility index (Phi) is 6.44. The predicted molar refractivity (Wildman–Crippen MR) is 116 cm³/mol. The highest BCUT2D eigenvalue weighted by Crippen LogP contribution is 2.14. The van der Waals surface area contributed by atoms with Gasteiger partial charge in [0.2, 0.25) is 11.9 Å². The molecule has 2 aromatic carbocycles. The summed E-state index contributed by atoms with van der Waals surface area (Å²) in [5, 5.41) is 2.85. The van der Waals surface area contributed by atoms with Crippen molar-refractivity contribution in [3.8, 4) is 0 Å². The summed E-state index contributed by atoms with van der Waals surface area (Å²) in [7, 11) is 1.87. The molecule has 0 fully saturated rings. The molecule has 3 aromatic rings. The van der Waals surface area contributed by atoms with Crippen molar-refractivity contribution < 1.29 is 4.79 Å². The highest BCUT2D eigenvalue weighted by atomic mass is 16.2. The van der Waals surface area contributed by atoms with E-state index in [4.69, 9.17) is 0 Å². The molecule has 0 spiro atoms.